The highest BCUT2D eigenvalue weighted by molar-refractivity contribution is 7.16. The van der Waals surface area contributed by atoms with Crippen molar-refractivity contribution in [3.8, 4) is 0 Å². The molecule has 0 spiro atoms. The van der Waals surface area contributed by atoms with Crippen LogP contribution in [0.3, 0.4) is 0 Å². The van der Waals surface area contributed by atoms with Crippen molar-refractivity contribution in [2.24, 2.45) is 4.99 Å². The number of nitrogens with one attached hydrogen (secondary N) is 1. The summed E-state index contributed by atoms with van der Waals surface area (Å²) in [7, 11) is 0.706. The summed E-state index contributed by atoms with van der Waals surface area (Å²) in [5.74, 6) is 1.05. The van der Waals surface area contributed by atoms with E-state index in [1.807, 2.05) is 37.1 Å². The lowest BCUT2D eigenvalue weighted by molar-refractivity contribution is 0.0518. The molecule has 1 saturated heterocycles. The first kappa shape index (κ1) is 29.5. The topological polar surface area (TPSA) is 107 Å². The van der Waals surface area contributed by atoms with Crippen LogP contribution in [0.4, 0.5) is 16.8 Å². The second-order valence-electron chi connectivity index (χ2n) is 11.3. The number of aromatic nitrogens is 4. The highest BCUT2D eigenvalue weighted by Gasteiger charge is 2.30. The van der Waals surface area contributed by atoms with E-state index in [-0.39, 0.29) is 11.9 Å². The molecular weight excluding hydrogens is 575 g/mol. The molecule has 0 aliphatic carbocycles. The predicted octanol–water partition coefficient (Wildman–Crippen LogP) is 5.43. The normalized spacial score (nSPS) is 14.4. The third-order valence-corrected chi connectivity index (χ3v) is 10.9. The first-order valence-corrected chi connectivity index (χ1v) is 19.2. The maximum absolute atomic E-state index is 12.6. The Labute approximate surface area is 249 Å². The summed E-state index contributed by atoms with van der Waals surface area (Å²) in [5, 5.41) is 12.9. The monoisotopic (exact) mass is 611 g/mol. The molecule has 0 unspecified atom stereocenters. The van der Waals surface area contributed by atoms with Crippen molar-refractivity contribution in [2.45, 2.75) is 52.2 Å². The number of benzene rings is 1. The van der Waals surface area contributed by atoms with Crippen molar-refractivity contribution in [3.63, 3.8) is 0 Å². The Kier molecular flexibility index (Phi) is 8.99. The lowest BCUT2D eigenvalue weighted by Crippen LogP contribution is -2.40. The van der Waals surface area contributed by atoms with Crippen LogP contribution in [-0.4, -0.2) is 67.1 Å². The van der Waals surface area contributed by atoms with Gasteiger partial charge < -0.3 is 19.7 Å². The molecule has 5 rings (SSSR count). The number of thiazole rings is 2. The van der Waals surface area contributed by atoms with Crippen LogP contribution in [0, 0.1) is 6.92 Å². The second kappa shape index (κ2) is 12.5. The molecule has 1 N–H and O–H groups in total. The maximum Gasteiger partial charge on any atom is 0.358 e. The number of carbonyl (C=O) groups is 1. The van der Waals surface area contributed by atoms with Gasteiger partial charge in [0.2, 0.25) is 0 Å². The second-order valence-corrected chi connectivity index (χ2v) is 18.9. The van der Waals surface area contributed by atoms with Crippen molar-refractivity contribution in [1.29, 1.82) is 0 Å². The highest BCUT2D eigenvalue weighted by atomic mass is 32.1. The average Bonchev–Trinajstić information content (AvgIpc) is 3.48. The van der Waals surface area contributed by atoms with Gasteiger partial charge in [0.1, 0.15) is 6.73 Å². The lowest BCUT2D eigenvalue weighted by atomic mass is 10.0. The van der Waals surface area contributed by atoms with Crippen LogP contribution < -0.4 is 15.0 Å². The van der Waals surface area contributed by atoms with Crippen LogP contribution >= 0.6 is 22.7 Å². The Morgan fingerprint density at radius 3 is 2.68 bits per heavy atom. The van der Waals surface area contributed by atoms with E-state index in [0.717, 1.165) is 51.2 Å². The predicted molar refractivity (Wildman–Crippen MR) is 168 cm³/mol. The summed E-state index contributed by atoms with van der Waals surface area (Å²) in [6.45, 7) is 14.0. The summed E-state index contributed by atoms with van der Waals surface area (Å²) in [5.41, 5.74) is 2.36. The number of anilines is 2. The number of carbonyl (C=O) groups excluding carboxylic acids is 1. The molecule has 4 aromatic rings. The fraction of sp³-hybridized carbons (Fsp3) is 0.464. The van der Waals surface area contributed by atoms with Gasteiger partial charge in [0.25, 0.3) is 0 Å². The van der Waals surface area contributed by atoms with E-state index < -0.39 is 8.07 Å². The molecule has 4 heterocycles. The van der Waals surface area contributed by atoms with Gasteiger partial charge in [-0.15, -0.1) is 21.5 Å². The van der Waals surface area contributed by atoms with Crippen LogP contribution in [0.1, 0.15) is 33.8 Å². The molecule has 10 nitrogen and oxygen atoms in total. The first-order chi connectivity index (χ1) is 19.6. The lowest BCUT2D eigenvalue weighted by Gasteiger charge is -2.26. The summed E-state index contributed by atoms with van der Waals surface area (Å²) in [4.78, 5) is 25.8. The van der Waals surface area contributed by atoms with Crippen molar-refractivity contribution in [2.75, 3.05) is 38.3 Å². The fourth-order valence-electron chi connectivity index (χ4n) is 4.25. The van der Waals surface area contributed by atoms with Gasteiger partial charge in [0.15, 0.2) is 27.3 Å². The van der Waals surface area contributed by atoms with Crippen LogP contribution in [0.5, 0.6) is 0 Å². The maximum atomic E-state index is 12.6. The number of para-hydroxylation sites is 1. The highest BCUT2D eigenvalue weighted by Crippen LogP contribution is 2.36. The molecule has 1 fully saturated rings. The Balaban J connectivity index is 1.42. The Morgan fingerprint density at radius 1 is 1.22 bits per heavy atom. The summed E-state index contributed by atoms with van der Waals surface area (Å²) in [6, 6.07) is 11.3. The molecule has 1 aromatic carbocycles. The Hall–Kier alpha value is -2.97. The van der Waals surface area contributed by atoms with Gasteiger partial charge in [0, 0.05) is 45.6 Å². The van der Waals surface area contributed by atoms with Gasteiger partial charge >= 0.3 is 5.97 Å². The molecule has 218 valence electrons. The zero-order chi connectivity index (χ0) is 29.1. The molecule has 1 aliphatic heterocycles. The SMILES string of the molecule is CCOC(=O)c1nc(N(C)c2cc(C)c(/N=c3\sc4ccccc4n3COCC[Si](C)(C)C)nn2)sc1C1CNC1. The molecule has 1 aliphatic rings. The van der Waals surface area contributed by atoms with Crippen molar-refractivity contribution in [1.82, 2.24) is 25.1 Å². The molecule has 0 radical (unpaired) electrons. The zero-order valence-electron chi connectivity index (χ0n) is 24.4. The number of esters is 1. The third-order valence-electron chi connectivity index (χ3n) is 6.85. The Morgan fingerprint density at radius 2 is 2.00 bits per heavy atom. The molecule has 0 amide bonds. The molecule has 13 heteroatoms. The summed E-state index contributed by atoms with van der Waals surface area (Å²) < 4.78 is 14.6. The van der Waals surface area contributed by atoms with E-state index in [2.05, 4.69) is 56.8 Å². The number of hydrogen-bond acceptors (Lipinski definition) is 11. The van der Waals surface area contributed by atoms with Crippen molar-refractivity contribution >= 4 is 63.7 Å². The number of hydrogen-bond donors (Lipinski definition) is 1. The van der Waals surface area contributed by atoms with Crippen LogP contribution in [0.2, 0.25) is 25.7 Å². The number of nitrogens with zero attached hydrogens (tertiary/aromatic N) is 6. The van der Waals surface area contributed by atoms with Gasteiger partial charge in [-0.1, -0.05) is 43.1 Å². The molecule has 0 saturated carbocycles. The van der Waals surface area contributed by atoms with Crippen LogP contribution in [0.15, 0.2) is 35.3 Å². The Bertz CT molecular complexity index is 1600. The van der Waals surface area contributed by atoms with Crippen LogP contribution in [-0.2, 0) is 16.2 Å². The number of rotatable bonds is 11. The smallest absolute Gasteiger partial charge is 0.358 e. The number of aryl methyl sites for hydroxylation is 1. The van der Waals surface area contributed by atoms with Gasteiger partial charge in [-0.25, -0.2) is 9.78 Å². The van der Waals surface area contributed by atoms with Gasteiger partial charge in [-0.2, -0.15) is 4.99 Å². The third kappa shape index (κ3) is 6.75. The van der Waals surface area contributed by atoms with Gasteiger partial charge in [-0.3, -0.25) is 4.57 Å². The summed E-state index contributed by atoms with van der Waals surface area (Å²) >= 11 is 3.11. The molecular formula is C28H37N7O3S2Si. The first-order valence-electron chi connectivity index (χ1n) is 13.8. The van der Waals surface area contributed by atoms with Crippen molar-refractivity contribution < 1.29 is 14.3 Å². The van der Waals surface area contributed by atoms with Crippen LogP contribution in [0.25, 0.3) is 10.2 Å². The molecule has 0 bridgehead atoms. The van der Waals surface area contributed by atoms with E-state index in [4.69, 9.17) is 14.5 Å². The average molecular weight is 612 g/mol. The fourth-order valence-corrected chi connectivity index (χ4v) is 7.15. The minimum atomic E-state index is -1.18. The minimum absolute atomic E-state index is 0.260. The number of fused-ring (bicyclic) bond motifs is 1. The molecule has 41 heavy (non-hydrogen) atoms. The molecule has 3 aromatic heterocycles. The van der Waals surface area contributed by atoms with Gasteiger partial charge in [-0.05, 0) is 43.7 Å². The summed E-state index contributed by atoms with van der Waals surface area (Å²) in [6.07, 6.45) is 0. The van der Waals surface area contributed by atoms with Gasteiger partial charge in [0.05, 0.1) is 16.8 Å². The van der Waals surface area contributed by atoms with E-state index in [9.17, 15) is 4.79 Å². The van der Waals surface area contributed by atoms with Crippen molar-refractivity contribution in [3.05, 3.63) is 51.3 Å². The largest absolute Gasteiger partial charge is 0.461 e. The standard InChI is InChI=1S/C28H37N7O3S2Si/c1-7-38-26(36)23-24(19-15-29-16-19)40-27(30-23)34(3)22-14-18(2)25(33-32-22)31-28-35(17-37-12-13-41(4,5)6)20-10-8-9-11-21(20)39-28/h8-11,14,19,29H,7,12-13,15-17H2,1-6H3/b31-28-. The van der Waals surface area contributed by atoms with E-state index in [1.54, 1.807) is 18.3 Å². The molecule has 0 atom stereocenters. The van der Waals surface area contributed by atoms with E-state index >= 15 is 0 Å². The van der Waals surface area contributed by atoms with E-state index in [1.165, 1.54) is 11.3 Å². The number of ether oxygens (including phenoxy) is 2. The minimum Gasteiger partial charge on any atom is -0.461 e. The quantitative estimate of drug-likeness (QED) is 0.136. The van der Waals surface area contributed by atoms with E-state index in [0.29, 0.717) is 35.8 Å². The zero-order valence-corrected chi connectivity index (χ0v) is 27.1.